The molecule has 0 unspecified atom stereocenters. The van der Waals surface area contributed by atoms with Crippen molar-refractivity contribution in [2.24, 2.45) is 0 Å². The number of H-pyrrole nitrogens is 1. The van der Waals surface area contributed by atoms with Crippen molar-refractivity contribution in [3.05, 3.63) is 45.3 Å². The highest BCUT2D eigenvalue weighted by Gasteiger charge is 2.12. The summed E-state index contributed by atoms with van der Waals surface area (Å²) in [6.07, 6.45) is 3.94. The first-order valence-corrected chi connectivity index (χ1v) is 5.98. The molecule has 0 fully saturated rings. The fraction of sp³-hybridized carbons (Fsp3) is 0.182. The number of aliphatic hydroxyl groups excluding tert-OH is 1. The highest BCUT2D eigenvalue weighted by molar-refractivity contribution is 5.82. The number of nitrogens with zero attached hydrogens (tertiary/aromatic N) is 5. The second kappa shape index (κ2) is 4.83. The van der Waals surface area contributed by atoms with Crippen LogP contribution in [-0.2, 0) is 6.61 Å². The molecule has 3 rings (SSSR count). The number of nitrogens with one attached hydrogen (secondary N) is 2. The van der Waals surface area contributed by atoms with E-state index < -0.39 is 17.9 Å². The van der Waals surface area contributed by atoms with Gasteiger partial charge in [-0.3, -0.25) is 9.78 Å². The average molecular weight is 289 g/mol. The molecule has 21 heavy (non-hydrogen) atoms. The maximum Gasteiger partial charge on any atom is 0.347 e. The fourth-order valence-corrected chi connectivity index (χ4v) is 1.94. The SMILES string of the molecule is CNc1ncnc2c1ncn2-n1cc(CO)c(=O)[nH]c1=O. The van der Waals surface area contributed by atoms with Gasteiger partial charge < -0.3 is 10.4 Å². The van der Waals surface area contributed by atoms with Crippen molar-refractivity contribution in [2.45, 2.75) is 6.61 Å². The van der Waals surface area contributed by atoms with Crippen molar-refractivity contribution in [2.75, 3.05) is 12.4 Å². The van der Waals surface area contributed by atoms with Gasteiger partial charge in [0, 0.05) is 13.2 Å². The number of anilines is 1. The maximum absolute atomic E-state index is 11.9. The second-order valence-corrected chi connectivity index (χ2v) is 4.15. The summed E-state index contributed by atoms with van der Waals surface area (Å²) in [5, 5.41) is 12.0. The molecule has 3 aromatic heterocycles. The fourth-order valence-electron chi connectivity index (χ4n) is 1.94. The van der Waals surface area contributed by atoms with Crippen LogP contribution in [-0.4, -0.2) is 41.4 Å². The number of fused-ring (bicyclic) bond motifs is 1. The first-order valence-electron chi connectivity index (χ1n) is 5.98. The van der Waals surface area contributed by atoms with E-state index in [0.29, 0.717) is 17.0 Å². The van der Waals surface area contributed by atoms with E-state index in [9.17, 15) is 9.59 Å². The third-order valence-corrected chi connectivity index (χ3v) is 2.95. The molecule has 0 aliphatic heterocycles. The van der Waals surface area contributed by atoms with Gasteiger partial charge in [-0.15, -0.1) is 0 Å². The summed E-state index contributed by atoms with van der Waals surface area (Å²) in [5.74, 6) is 0.513. The Balaban J connectivity index is 2.31. The van der Waals surface area contributed by atoms with Gasteiger partial charge in [0.15, 0.2) is 17.0 Å². The Morgan fingerprint density at radius 3 is 2.81 bits per heavy atom. The van der Waals surface area contributed by atoms with Gasteiger partial charge in [0.2, 0.25) is 0 Å². The Hall–Kier alpha value is -3.01. The zero-order valence-corrected chi connectivity index (χ0v) is 10.9. The van der Waals surface area contributed by atoms with Crippen LogP contribution in [0.3, 0.4) is 0 Å². The molecule has 10 heteroatoms. The molecule has 3 heterocycles. The molecule has 0 saturated carbocycles. The zero-order valence-electron chi connectivity index (χ0n) is 10.9. The van der Waals surface area contributed by atoms with Gasteiger partial charge in [0.05, 0.1) is 12.2 Å². The quantitative estimate of drug-likeness (QED) is 0.536. The van der Waals surface area contributed by atoms with Crippen LogP contribution >= 0.6 is 0 Å². The molecule has 0 aliphatic rings. The molecule has 0 amide bonds. The van der Waals surface area contributed by atoms with Crippen molar-refractivity contribution < 1.29 is 5.11 Å². The molecule has 0 radical (unpaired) electrons. The topological polar surface area (TPSA) is 131 Å². The predicted molar refractivity (Wildman–Crippen MR) is 72.9 cm³/mol. The number of aliphatic hydroxyl groups is 1. The van der Waals surface area contributed by atoms with Gasteiger partial charge in [-0.25, -0.2) is 29.1 Å². The normalized spacial score (nSPS) is 11.0. The Morgan fingerprint density at radius 2 is 2.10 bits per heavy atom. The van der Waals surface area contributed by atoms with E-state index in [2.05, 4.69) is 25.3 Å². The van der Waals surface area contributed by atoms with Gasteiger partial charge in [0.1, 0.15) is 12.7 Å². The van der Waals surface area contributed by atoms with Crippen molar-refractivity contribution in [1.82, 2.24) is 29.3 Å². The lowest BCUT2D eigenvalue weighted by atomic mass is 10.4. The minimum atomic E-state index is -0.666. The molecule has 10 nitrogen and oxygen atoms in total. The van der Waals surface area contributed by atoms with Gasteiger partial charge in [-0.1, -0.05) is 0 Å². The lowest BCUT2D eigenvalue weighted by Gasteiger charge is -2.07. The zero-order chi connectivity index (χ0) is 15.0. The minimum Gasteiger partial charge on any atom is -0.391 e. The third kappa shape index (κ3) is 1.97. The van der Waals surface area contributed by atoms with E-state index in [1.54, 1.807) is 7.05 Å². The Bertz CT molecular complexity index is 923. The lowest BCUT2D eigenvalue weighted by molar-refractivity contribution is 0.278. The molecule has 0 aromatic carbocycles. The molecule has 0 bridgehead atoms. The summed E-state index contributed by atoms with van der Waals surface area (Å²) >= 11 is 0. The molecule has 0 saturated heterocycles. The van der Waals surface area contributed by atoms with E-state index in [-0.39, 0.29) is 5.56 Å². The number of hydrogen-bond acceptors (Lipinski definition) is 7. The minimum absolute atomic E-state index is 0.0550. The van der Waals surface area contributed by atoms with E-state index >= 15 is 0 Å². The summed E-state index contributed by atoms with van der Waals surface area (Å²) in [4.78, 5) is 37.8. The van der Waals surface area contributed by atoms with Gasteiger partial charge in [-0.2, -0.15) is 0 Å². The van der Waals surface area contributed by atoms with Crippen molar-refractivity contribution in [3.8, 4) is 0 Å². The van der Waals surface area contributed by atoms with E-state index in [0.717, 1.165) is 4.68 Å². The first kappa shape index (κ1) is 13.0. The Labute approximate surface area is 116 Å². The molecule has 3 aromatic rings. The number of aromatic amines is 1. The molecular weight excluding hydrogens is 278 g/mol. The predicted octanol–water partition coefficient (Wildman–Crippen LogP) is -1.48. The van der Waals surface area contributed by atoms with Crippen LogP contribution in [0.2, 0.25) is 0 Å². The van der Waals surface area contributed by atoms with Crippen molar-refractivity contribution >= 4 is 17.0 Å². The molecular formula is C11H11N7O3. The highest BCUT2D eigenvalue weighted by Crippen LogP contribution is 2.16. The second-order valence-electron chi connectivity index (χ2n) is 4.15. The third-order valence-electron chi connectivity index (χ3n) is 2.95. The van der Waals surface area contributed by atoms with Crippen molar-refractivity contribution in [1.29, 1.82) is 0 Å². The van der Waals surface area contributed by atoms with Gasteiger partial charge >= 0.3 is 5.69 Å². The number of hydrogen-bond donors (Lipinski definition) is 3. The monoisotopic (exact) mass is 289 g/mol. The Morgan fingerprint density at radius 1 is 1.29 bits per heavy atom. The van der Waals surface area contributed by atoms with Crippen LogP contribution in [0.4, 0.5) is 5.82 Å². The molecule has 3 N–H and O–H groups in total. The van der Waals surface area contributed by atoms with Crippen LogP contribution < -0.4 is 16.6 Å². The van der Waals surface area contributed by atoms with Crippen LogP contribution in [0.25, 0.3) is 11.2 Å². The maximum atomic E-state index is 11.9. The van der Waals surface area contributed by atoms with E-state index in [1.807, 2.05) is 0 Å². The largest absolute Gasteiger partial charge is 0.391 e. The first-order chi connectivity index (χ1) is 10.2. The van der Waals surface area contributed by atoms with Crippen LogP contribution in [0.15, 0.2) is 28.4 Å². The summed E-state index contributed by atoms with van der Waals surface area (Å²) in [7, 11) is 1.69. The van der Waals surface area contributed by atoms with E-state index in [4.69, 9.17) is 5.11 Å². The van der Waals surface area contributed by atoms with Crippen LogP contribution in [0, 0.1) is 0 Å². The standard InChI is InChI=1S/C11H11N7O3/c1-12-8-7-9(14-4-13-8)18(5-15-7)17-2-6(3-19)10(20)16-11(17)21/h2,4-5,19H,3H2,1H3,(H,12,13,14)(H,16,20,21). The van der Waals surface area contributed by atoms with Gasteiger partial charge in [0.25, 0.3) is 5.56 Å². The molecule has 0 spiro atoms. The smallest absolute Gasteiger partial charge is 0.347 e. The Kier molecular flexibility index (Phi) is 2.99. The van der Waals surface area contributed by atoms with Crippen LogP contribution in [0.5, 0.6) is 0 Å². The summed E-state index contributed by atoms with van der Waals surface area (Å²) < 4.78 is 2.46. The number of rotatable bonds is 3. The highest BCUT2D eigenvalue weighted by atomic mass is 16.3. The summed E-state index contributed by atoms with van der Waals surface area (Å²) in [6.45, 7) is -0.487. The number of aromatic nitrogens is 6. The van der Waals surface area contributed by atoms with Crippen LogP contribution in [0.1, 0.15) is 5.56 Å². The van der Waals surface area contributed by atoms with Gasteiger partial charge in [-0.05, 0) is 0 Å². The molecule has 0 atom stereocenters. The lowest BCUT2D eigenvalue weighted by Crippen LogP contribution is -2.34. The number of imidazole rings is 1. The summed E-state index contributed by atoms with van der Waals surface area (Å²) in [5.41, 5.74) is -0.384. The average Bonchev–Trinajstić information content (AvgIpc) is 2.91. The summed E-state index contributed by atoms with van der Waals surface area (Å²) in [6, 6.07) is 0. The van der Waals surface area contributed by atoms with Crippen molar-refractivity contribution in [3.63, 3.8) is 0 Å². The molecule has 0 aliphatic carbocycles. The van der Waals surface area contributed by atoms with E-state index in [1.165, 1.54) is 23.5 Å². The molecule has 108 valence electrons.